The molecule has 6 nitrogen and oxygen atoms in total. The zero-order chi connectivity index (χ0) is 20.6. The van der Waals surface area contributed by atoms with Crippen LogP contribution >= 0.6 is 24.0 Å². The van der Waals surface area contributed by atoms with Crippen LogP contribution in [0.5, 0.6) is 0 Å². The maximum Gasteiger partial charge on any atom is 0.227 e. The van der Waals surface area contributed by atoms with Crippen LogP contribution in [0, 0.1) is 5.41 Å². The minimum absolute atomic E-state index is 0. The molecule has 1 aromatic carbocycles. The summed E-state index contributed by atoms with van der Waals surface area (Å²) in [6, 6.07) is 11.5. The van der Waals surface area contributed by atoms with E-state index < -0.39 is 5.41 Å². The fraction of sp³-hybridized carbons (Fsp3) is 0.636. The average molecular weight is 515 g/mol. The number of aliphatic imine (C=N–C) groups is 1. The van der Waals surface area contributed by atoms with Gasteiger partial charge in [-0.25, -0.2) is 0 Å². The van der Waals surface area contributed by atoms with Crippen molar-refractivity contribution in [3.05, 3.63) is 35.9 Å². The van der Waals surface area contributed by atoms with E-state index in [0.29, 0.717) is 25.2 Å². The van der Waals surface area contributed by atoms with Crippen molar-refractivity contribution in [2.45, 2.75) is 59.7 Å². The molecule has 1 heterocycles. The largest absolute Gasteiger partial charge is 0.357 e. The van der Waals surface area contributed by atoms with Gasteiger partial charge in [-0.2, -0.15) is 0 Å². The van der Waals surface area contributed by atoms with Gasteiger partial charge < -0.3 is 16.0 Å². The molecule has 2 rings (SSSR count). The van der Waals surface area contributed by atoms with Crippen molar-refractivity contribution in [2.24, 2.45) is 10.4 Å². The molecule has 1 saturated heterocycles. The predicted molar refractivity (Wildman–Crippen MR) is 132 cm³/mol. The van der Waals surface area contributed by atoms with Crippen LogP contribution in [0.2, 0.25) is 0 Å². The summed E-state index contributed by atoms with van der Waals surface area (Å²) in [5.74, 6) is 0.830. The summed E-state index contributed by atoms with van der Waals surface area (Å²) in [4.78, 5) is 19.4. The number of hydrogen-bond acceptors (Lipinski definition) is 3. The van der Waals surface area contributed by atoms with Crippen LogP contribution < -0.4 is 16.0 Å². The predicted octanol–water partition coefficient (Wildman–Crippen LogP) is 2.98. The van der Waals surface area contributed by atoms with Gasteiger partial charge >= 0.3 is 0 Å². The highest BCUT2D eigenvalue weighted by Crippen LogP contribution is 2.20. The van der Waals surface area contributed by atoms with Crippen LogP contribution in [0.3, 0.4) is 0 Å². The second-order valence-corrected chi connectivity index (χ2v) is 8.28. The fourth-order valence-corrected chi connectivity index (χ4v) is 3.50. The lowest BCUT2D eigenvalue weighted by molar-refractivity contribution is -0.128. The van der Waals surface area contributed by atoms with E-state index in [2.05, 4.69) is 65.0 Å². The summed E-state index contributed by atoms with van der Waals surface area (Å²) < 4.78 is 0. The van der Waals surface area contributed by atoms with Crippen molar-refractivity contribution in [3.8, 4) is 0 Å². The summed E-state index contributed by atoms with van der Waals surface area (Å²) in [5.41, 5.74) is 0.819. The quantitative estimate of drug-likeness (QED) is 0.283. The molecule has 1 amide bonds. The van der Waals surface area contributed by atoms with Crippen molar-refractivity contribution < 1.29 is 4.79 Å². The van der Waals surface area contributed by atoms with Crippen LogP contribution in [0.1, 0.15) is 46.6 Å². The first-order valence-electron chi connectivity index (χ1n) is 10.5. The molecule has 1 fully saturated rings. The van der Waals surface area contributed by atoms with Crippen molar-refractivity contribution in [2.75, 3.05) is 26.2 Å². The average Bonchev–Trinajstić information content (AvgIpc) is 3.00. The highest BCUT2D eigenvalue weighted by molar-refractivity contribution is 14.0. The van der Waals surface area contributed by atoms with E-state index in [4.69, 9.17) is 4.99 Å². The lowest BCUT2D eigenvalue weighted by Gasteiger charge is -2.23. The summed E-state index contributed by atoms with van der Waals surface area (Å²) in [6.07, 6.45) is 1.08. The summed E-state index contributed by atoms with van der Waals surface area (Å²) in [5, 5.41) is 9.79. The number of carbonyl (C=O) groups excluding carboxylic acids is 1. The Hall–Kier alpha value is -1.35. The number of amides is 1. The summed E-state index contributed by atoms with van der Waals surface area (Å²) in [7, 11) is 0. The van der Waals surface area contributed by atoms with Gasteiger partial charge in [-0.05, 0) is 46.6 Å². The number of guanidine groups is 1. The van der Waals surface area contributed by atoms with Crippen LogP contribution in [0.4, 0.5) is 0 Å². The minimum atomic E-state index is -0.527. The van der Waals surface area contributed by atoms with Gasteiger partial charge in [-0.15, -0.1) is 24.0 Å². The van der Waals surface area contributed by atoms with Gasteiger partial charge in [-0.1, -0.05) is 30.3 Å². The van der Waals surface area contributed by atoms with Crippen molar-refractivity contribution >= 4 is 35.8 Å². The first-order valence-corrected chi connectivity index (χ1v) is 10.5. The van der Waals surface area contributed by atoms with Gasteiger partial charge in [0.2, 0.25) is 5.91 Å². The highest BCUT2D eigenvalue weighted by atomic mass is 127. The van der Waals surface area contributed by atoms with Crippen LogP contribution in [0.15, 0.2) is 35.3 Å². The zero-order valence-electron chi connectivity index (χ0n) is 18.5. The Labute approximate surface area is 193 Å². The molecule has 1 aliphatic heterocycles. The van der Waals surface area contributed by atoms with Gasteiger partial charge in [0, 0.05) is 38.3 Å². The van der Waals surface area contributed by atoms with Crippen LogP contribution in [-0.4, -0.2) is 55.0 Å². The summed E-state index contributed by atoms with van der Waals surface area (Å²) in [6.45, 7) is 14.0. The molecule has 2 unspecified atom stereocenters. The number of halogens is 1. The van der Waals surface area contributed by atoms with Gasteiger partial charge in [-0.3, -0.25) is 14.7 Å². The molecule has 0 bridgehead atoms. The standard InChI is InChI=1S/C22H37N5O.HI/c1-6-23-20(28)22(4,5)16-25-21(24-7-2)26-19-13-17(3)27(15-19)14-18-11-9-8-10-12-18;/h8-12,17,19H,6-7,13-16H2,1-5H3,(H,23,28)(H2,24,25,26);1H. The lowest BCUT2D eigenvalue weighted by atomic mass is 9.92. The van der Waals surface area contributed by atoms with Crippen molar-refractivity contribution in [3.63, 3.8) is 0 Å². The van der Waals surface area contributed by atoms with E-state index in [1.54, 1.807) is 0 Å². The van der Waals surface area contributed by atoms with Crippen molar-refractivity contribution in [1.82, 2.24) is 20.9 Å². The smallest absolute Gasteiger partial charge is 0.227 e. The van der Waals surface area contributed by atoms with Gasteiger partial charge in [0.1, 0.15) is 0 Å². The SMILES string of the molecule is CCNC(=O)C(C)(C)CN=C(NCC)NC1CC(C)N(Cc2ccccc2)C1.I. The van der Waals surface area contributed by atoms with E-state index >= 15 is 0 Å². The number of carbonyl (C=O) groups is 1. The molecule has 0 radical (unpaired) electrons. The number of benzene rings is 1. The van der Waals surface area contributed by atoms with Crippen LogP contribution in [-0.2, 0) is 11.3 Å². The molecular formula is C22H38IN5O. The fourth-order valence-electron chi connectivity index (χ4n) is 3.50. The third kappa shape index (κ3) is 8.12. The molecule has 2 atom stereocenters. The molecule has 29 heavy (non-hydrogen) atoms. The molecule has 1 aliphatic rings. The molecule has 164 valence electrons. The Kier molecular flexibility index (Phi) is 11.0. The van der Waals surface area contributed by atoms with E-state index in [-0.39, 0.29) is 29.9 Å². The monoisotopic (exact) mass is 515 g/mol. The Morgan fingerprint density at radius 3 is 2.45 bits per heavy atom. The second kappa shape index (κ2) is 12.4. The number of hydrogen-bond donors (Lipinski definition) is 3. The summed E-state index contributed by atoms with van der Waals surface area (Å²) >= 11 is 0. The van der Waals surface area contributed by atoms with E-state index in [0.717, 1.165) is 32.0 Å². The molecule has 1 aromatic rings. The third-order valence-corrected chi connectivity index (χ3v) is 5.20. The topological polar surface area (TPSA) is 68.8 Å². The van der Waals surface area contributed by atoms with Crippen LogP contribution in [0.25, 0.3) is 0 Å². The molecule has 0 spiro atoms. The Bertz CT molecular complexity index is 650. The first kappa shape index (κ1) is 25.7. The number of likely N-dealkylation sites (tertiary alicyclic amines) is 1. The van der Waals surface area contributed by atoms with Gasteiger partial charge in [0.15, 0.2) is 5.96 Å². The third-order valence-electron chi connectivity index (χ3n) is 5.20. The maximum absolute atomic E-state index is 12.2. The van der Waals surface area contributed by atoms with E-state index in [9.17, 15) is 4.79 Å². The molecule has 7 heteroatoms. The Balaban J connectivity index is 0.00000420. The first-order chi connectivity index (χ1) is 13.4. The van der Waals surface area contributed by atoms with Crippen molar-refractivity contribution in [1.29, 1.82) is 0 Å². The molecule has 0 saturated carbocycles. The Morgan fingerprint density at radius 1 is 1.17 bits per heavy atom. The normalized spacial score (nSPS) is 20.1. The van der Waals surface area contributed by atoms with Gasteiger partial charge in [0.25, 0.3) is 0 Å². The second-order valence-electron chi connectivity index (χ2n) is 8.28. The number of nitrogens with one attached hydrogen (secondary N) is 3. The molecule has 0 aromatic heterocycles. The lowest BCUT2D eigenvalue weighted by Crippen LogP contribution is -2.46. The number of nitrogens with zero attached hydrogens (tertiary/aromatic N) is 2. The highest BCUT2D eigenvalue weighted by Gasteiger charge is 2.30. The zero-order valence-corrected chi connectivity index (χ0v) is 20.8. The van der Waals surface area contributed by atoms with Gasteiger partial charge in [0.05, 0.1) is 12.0 Å². The minimum Gasteiger partial charge on any atom is -0.357 e. The molecule has 3 N–H and O–H groups in total. The Morgan fingerprint density at radius 2 is 1.83 bits per heavy atom. The maximum atomic E-state index is 12.2. The van der Waals surface area contributed by atoms with E-state index in [1.165, 1.54) is 5.56 Å². The number of rotatable bonds is 8. The van der Waals surface area contributed by atoms with E-state index in [1.807, 2.05) is 20.8 Å². The molecular weight excluding hydrogens is 477 g/mol. The molecule has 0 aliphatic carbocycles.